The van der Waals surface area contributed by atoms with Gasteiger partial charge in [-0.15, -0.1) is 0 Å². The fourth-order valence-electron chi connectivity index (χ4n) is 3.21. The van der Waals surface area contributed by atoms with E-state index in [0.717, 1.165) is 36.2 Å². The van der Waals surface area contributed by atoms with E-state index in [1.165, 1.54) is 22.3 Å². The van der Waals surface area contributed by atoms with E-state index < -0.39 is 10.0 Å². The lowest BCUT2D eigenvalue weighted by molar-refractivity contribution is 0.102. The third-order valence-corrected chi connectivity index (χ3v) is 7.91. The SMILES string of the molecule is Cc1cc(C(=O)CSc2ccc(S(=O)(=O)N3CCCCC3)cn2)c(C)n1C. The summed E-state index contributed by atoms with van der Waals surface area (Å²) in [4.78, 5) is 16.9. The number of carbonyl (C=O) groups is 1. The molecular formula is C19H25N3O3S2. The van der Waals surface area contributed by atoms with Gasteiger partial charge in [0, 0.05) is 43.3 Å². The molecule has 3 rings (SSSR count). The van der Waals surface area contributed by atoms with Crippen LogP contribution in [0.15, 0.2) is 34.3 Å². The Labute approximate surface area is 165 Å². The van der Waals surface area contributed by atoms with Crippen LogP contribution in [0, 0.1) is 13.8 Å². The third kappa shape index (κ3) is 4.28. The number of pyridine rings is 1. The molecule has 3 heterocycles. The molecule has 6 nitrogen and oxygen atoms in total. The fourth-order valence-corrected chi connectivity index (χ4v) is 5.40. The first-order valence-electron chi connectivity index (χ1n) is 9.06. The van der Waals surface area contributed by atoms with Gasteiger partial charge in [-0.1, -0.05) is 18.2 Å². The summed E-state index contributed by atoms with van der Waals surface area (Å²) in [5.74, 6) is 0.322. The third-order valence-electron chi connectivity index (χ3n) is 5.09. The molecule has 0 spiro atoms. The number of carbonyl (C=O) groups excluding carboxylic acids is 1. The first-order valence-corrected chi connectivity index (χ1v) is 11.5. The highest BCUT2D eigenvalue weighted by atomic mass is 32.2. The average Bonchev–Trinajstić information content (AvgIpc) is 2.94. The number of thioether (sulfide) groups is 1. The monoisotopic (exact) mass is 407 g/mol. The molecule has 0 radical (unpaired) electrons. The van der Waals surface area contributed by atoms with Crippen molar-refractivity contribution in [3.8, 4) is 0 Å². The molecular weight excluding hydrogens is 382 g/mol. The molecule has 0 saturated carbocycles. The molecule has 0 aliphatic carbocycles. The second-order valence-electron chi connectivity index (χ2n) is 6.85. The summed E-state index contributed by atoms with van der Waals surface area (Å²) in [5.41, 5.74) is 2.73. The normalized spacial score (nSPS) is 15.8. The van der Waals surface area contributed by atoms with Crippen LogP contribution in [0.4, 0.5) is 0 Å². The Morgan fingerprint density at radius 1 is 1.19 bits per heavy atom. The Bertz CT molecular complexity index is 928. The van der Waals surface area contributed by atoms with E-state index in [1.54, 1.807) is 12.1 Å². The number of nitrogens with zero attached hydrogens (tertiary/aromatic N) is 3. The highest BCUT2D eigenvalue weighted by Crippen LogP contribution is 2.23. The minimum absolute atomic E-state index is 0.0491. The van der Waals surface area contributed by atoms with Crippen LogP contribution in [-0.4, -0.2) is 46.9 Å². The highest BCUT2D eigenvalue weighted by Gasteiger charge is 2.26. The zero-order chi connectivity index (χ0) is 19.6. The van der Waals surface area contributed by atoms with Gasteiger partial charge in [-0.3, -0.25) is 4.79 Å². The molecule has 0 aromatic carbocycles. The van der Waals surface area contributed by atoms with Crippen molar-refractivity contribution in [2.45, 2.75) is 43.0 Å². The maximum absolute atomic E-state index is 12.6. The molecule has 1 saturated heterocycles. The summed E-state index contributed by atoms with van der Waals surface area (Å²) in [6.45, 7) is 5.05. The number of rotatable bonds is 6. The van der Waals surface area contributed by atoms with Crippen LogP contribution < -0.4 is 0 Å². The van der Waals surface area contributed by atoms with Crippen LogP contribution in [0.3, 0.4) is 0 Å². The van der Waals surface area contributed by atoms with Gasteiger partial charge < -0.3 is 4.57 Å². The number of piperidine rings is 1. The standard InChI is InChI=1S/C19H25N3O3S2/c1-14-11-17(15(2)21(14)3)18(23)13-26-19-8-7-16(12-20-19)27(24,25)22-9-5-4-6-10-22/h7-8,11-12H,4-6,9-10,13H2,1-3H3. The van der Waals surface area contributed by atoms with Crippen LogP contribution >= 0.6 is 11.8 Å². The molecule has 2 aromatic heterocycles. The van der Waals surface area contributed by atoms with Crippen molar-refractivity contribution in [2.75, 3.05) is 18.8 Å². The summed E-state index contributed by atoms with van der Waals surface area (Å²) in [5, 5.41) is 0.645. The fraction of sp³-hybridized carbons (Fsp3) is 0.474. The Hall–Kier alpha value is -1.64. The molecule has 0 unspecified atom stereocenters. The lowest BCUT2D eigenvalue weighted by atomic mass is 10.2. The largest absolute Gasteiger partial charge is 0.351 e. The van der Waals surface area contributed by atoms with Crippen molar-refractivity contribution in [1.82, 2.24) is 13.9 Å². The maximum atomic E-state index is 12.6. The van der Waals surface area contributed by atoms with E-state index in [1.807, 2.05) is 31.5 Å². The highest BCUT2D eigenvalue weighted by molar-refractivity contribution is 7.99. The van der Waals surface area contributed by atoms with Gasteiger partial charge in [-0.25, -0.2) is 13.4 Å². The lowest BCUT2D eigenvalue weighted by Crippen LogP contribution is -2.35. The first-order chi connectivity index (χ1) is 12.8. The molecule has 1 fully saturated rings. The van der Waals surface area contributed by atoms with Gasteiger partial charge in [0.25, 0.3) is 0 Å². The van der Waals surface area contributed by atoms with Crippen LogP contribution in [0.5, 0.6) is 0 Å². The van der Waals surface area contributed by atoms with E-state index in [-0.39, 0.29) is 16.4 Å². The molecule has 8 heteroatoms. The van der Waals surface area contributed by atoms with Crippen LogP contribution in [0.25, 0.3) is 0 Å². The molecule has 27 heavy (non-hydrogen) atoms. The predicted octanol–water partition coefficient (Wildman–Crippen LogP) is 3.19. The molecule has 0 bridgehead atoms. The summed E-state index contributed by atoms with van der Waals surface area (Å²) in [6, 6.07) is 5.17. The molecule has 0 atom stereocenters. The van der Waals surface area contributed by atoms with Crippen molar-refractivity contribution in [3.05, 3.63) is 41.3 Å². The number of aromatic nitrogens is 2. The summed E-state index contributed by atoms with van der Waals surface area (Å²) < 4.78 is 28.8. The number of aryl methyl sites for hydroxylation is 1. The second-order valence-corrected chi connectivity index (χ2v) is 9.79. The van der Waals surface area contributed by atoms with E-state index >= 15 is 0 Å². The molecule has 1 aliphatic rings. The lowest BCUT2D eigenvalue weighted by Gasteiger charge is -2.25. The number of sulfonamides is 1. The minimum atomic E-state index is -3.47. The number of hydrogen-bond donors (Lipinski definition) is 0. The molecule has 2 aromatic rings. The Kier molecular flexibility index (Phi) is 6.08. The van der Waals surface area contributed by atoms with Gasteiger partial charge in [-0.05, 0) is 44.9 Å². The van der Waals surface area contributed by atoms with Crippen molar-refractivity contribution in [2.24, 2.45) is 7.05 Å². The smallest absolute Gasteiger partial charge is 0.244 e. The zero-order valence-corrected chi connectivity index (χ0v) is 17.6. The summed E-state index contributed by atoms with van der Waals surface area (Å²) in [7, 11) is -1.53. The molecule has 0 N–H and O–H groups in total. The molecule has 0 amide bonds. The van der Waals surface area contributed by atoms with Gasteiger partial charge in [0.15, 0.2) is 5.78 Å². The van der Waals surface area contributed by atoms with Crippen molar-refractivity contribution < 1.29 is 13.2 Å². The van der Waals surface area contributed by atoms with Crippen molar-refractivity contribution in [1.29, 1.82) is 0 Å². The van der Waals surface area contributed by atoms with Gasteiger partial charge >= 0.3 is 0 Å². The van der Waals surface area contributed by atoms with Crippen LogP contribution in [0.2, 0.25) is 0 Å². The van der Waals surface area contributed by atoms with Crippen molar-refractivity contribution in [3.63, 3.8) is 0 Å². The maximum Gasteiger partial charge on any atom is 0.244 e. The number of Topliss-reactive ketones (excluding diaryl/α,β-unsaturated/α-hetero) is 1. The number of ketones is 1. The summed E-state index contributed by atoms with van der Waals surface area (Å²) >= 11 is 1.32. The average molecular weight is 408 g/mol. The van der Waals surface area contributed by atoms with Gasteiger partial charge in [0.2, 0.25) is 10.0 Å². The van der Waals surface area contributed by atoms with Crippen LogP contribution in [0.1, 0.15) is 41.0 Å². The van der Waals surface area contributed by atoms with Crippen LogP contribution in [-0.2, 0) is 17.1 Å². The summed E-state index contributed by atoms with van der Waals surface area (Å²) in [6.07, 6.45) is 4.28. The zero-order valence-electron chi connectivity index (χ0n) is 15.9. The Morgan fingerprint density at radius 2 is 1.89 bits per heavy atom. The van der Waals surface area contributed by atoms with E-state index in [0.29, 0.717) is 18.1 Å². The first kappa shape index (κ1) is 20.1. The second kappa shape index (κ2) is 8.16. The topological polar surface area (TPSA) is 72.3 Å². The quantitative estimate of drug-likeness (QED) is 0.543. The van der Waals surface area contributed by atoms with Gasteiger partial charge in [0.1, 0.15) is 4.90 Å². The van der Waals surface area contributed by atoms with E-state index in [2.05, 4.69) is 4.98 Å². The van der Waals surface area contributed by atoms with Gasteiger partial charge in [0.05, 0.1) is 10.8 Å². The predicted molar refractivity (Wildman–Crippen MR) is 107 cm³/mol. The Balaban J connectivity index is 1.65. The minimum Gasteiger partial charge on any atom is -0.351 e. The van der Waals surface area contributed by atoms with Crippen molar-refractivity contribution >= 4 is 27.6 Å². The van der Waals surface area contributed by atoms with Gasteiger partial charge in [-0.2, -0.15) is 4.31 Å². The Morgan fingerprint density at radius 3 is 2.44 bits per heavy atom. The molecule has 1 aliphatic heterocycles. The number of hydrogen-bond acceptors (Lipinski definition) is 5. The molecule has 146 valence electrons. The van der Waals surface area contributed by atoms with E-state index in [4.69, 9.17) is 0 Å². The van der Waals surface area contributed by atoms with E-state index in [9.17, 15) is 13.2 Å².